The van der Waals surface area contributed by atoms with Gasteiger partial charge < -0.3 is 4.90 Å². The summed E-state index contributed by atoms with van der Waals surface area (Å²) < 4.78 is 40.6. The van der Waals surface area contributed by atoms with Crippen molar-refractivity contribution in [2.45, 2.75) is 65.2 Å². The molecule has 0 aliphatic carbocycles. The van der Waals surface area contributed by atoms with Crippen molar-refractivity contribution in [1.29, 1.82) is 0 Å². The monoisotopic (exact) mass is 454 g/mol. The first kappa shape index (κ1) is 23.2. The lowest BCUT2D eigenvalue weighted by Crippen LogP contribution is -2.49. The first-order valence-corrected chi connectivity index (χ1v) is 11.2. The highest BCUT2D eigenvalue weighted by Gasteiger charge is 2.45. The quantitative estimate of drug-likeness (QED) is 0.497. The first-order valence-electron chi connectivity index (χ1n) is 11.2. The minimum absolute atomic E-state index is 0.0785. The lowest BCUT2D eigenvalue weighted by molar-refractivity contribution is -0.141. The molecule has 1 fully saturated rings. The Bertz CT molecular complexity index is 1150. The summed E-state index contributed by atoms with van der Waals surface area (Å²) in [4.78, 5) is 15.4. The Morgan fingerprint density at radius 3 is 2.58 bits per heavy atom. The summed E-state index contributed by atoms with van der Waals surface area (Å²) in [6, 6.07) is 1.67. The Morgan fingerprint density at radius 1 is 1.21 bits per heavy atom. The zero-order chi connectivity index (χ0) is 24.1. The Hall–Kier alpha value is -2.96. The zero-order valence-electron chi connectivity index (χ0n) is 19.5. The van der Waals surface area contributed by atoms with E-state index in [2.05, 4.69) is 30.0 Å². The third-order valence-electron chi connectivity index (χ3n) is 6.96. The molecule has 7 heteroatoms. The molecule has 4 heterocycles. The van der Waals surface area contributed by atoms with Crippen molar-refractivity contribution in [3.8, 4) is 0 Å². The molecule has 0 unspecified atom stereocenters. The highest BCUT2D eigenvalue weighted by atomic mass is 19.4. The van der Waals surface area contributed by atoms with Gasteiger partial charge in [-0.15, -0.1) is 0 Å². The highest BCUT2D eigenvalue weighted by molar-refractivity contribution is 5.74. The molecule has 0 amide bonds. The smallest absolute Gasteiger partial charge is 0.359 e. The van der Waals surface area contributed by atoms with Gasteiger partial charge in [-0.2, -0.15) is 13.2 Å². The number of nitrogens with zero attached hydrogens (tertiary/aromatic N) is 4. The van der Waals surface area contributed by atoms with Gasteiger partial charge in [-0.3, -0.25) is 4.98 Å². The Morgan fingerprint density at radius 2 is 1.94 bits per heavy atom. The number of fused-ring (bicyclic) bond motifs is 4. The number of pyridine rings is 1. The predicted molar refractivity (Wildman–Crippen MR) is 124 cm³/mol. The third kappa shape index (κ3) is 3.87. The normalized spacial score (nSPS) is 22.7. The van der Waals surface area contributed by atoms with Gasteiger partial charge in [0.2, 0.25) is 0 Å². The molecular formula is C26H29F3N4. The van der Waals surface area contributed by atoms with Crippen molar-refractivity contribution in [3.63, 3.8) is 0 Å². The molecule has 0 N–H and O–H groups in total. The Labute approximate surface area is 193 Å². The van der Waals surface area contributed by atoms with Gasteiger partial charge in [-0.1, -0.05) is 32.2 Å². The molecule has 4 rings (SSSR count). The number of halogens is 3. The van der Waals surface area contributed by atoms with E-state index in [0.717, 1.165) is 35.4 Å². The fourth-order valence-corrected chi connectivity index (χ4v) is 5.41. The van der Waals surface area contributed by atoms with Gasteiger partial charge >= 0.3 is 6.18 Å². The van der Waals surface area contributed by atoms with Gasteiger partial charge in [-0.25, -0.2) is 9.97 Å². The van der Waals surface area contributed by atoms with Crippen molar-refractivity contribution >= 4 is 11.3 Å². The van der Waals surface area contributed by atoms with Crippen LogP contribution in [0, 0.1) is 19.8 Å². The number of hydrogen-bond donors (Lipinski definition) is 0. The van der Waals surface area contributed by atoms with E-state index in [0.29, 0.717) is 23.5 Å². The minimum Gasteiger partial charge on any atom is -0.359 e. The lowest BCUT2D eigenvalue weighted by Gasteiger charge is -2.51. The summed E-state index contributed by atoms with van der Waals surface area (Å²) in [5, 5.41) is 0. The van der Waals surface area contributed by atoms with Crippen LogP contribution in [0.5, 0.6) is 0 Å². The van der Waals surface area contributed by atoms with E-state index >= 15 is 0 Å². The topological polar surface area (TPSA) is 41.9 Å². The number of hydrogen-bond acceptors (Lipinski definition) is 4. The molecule has 2 bridgehead atoms. The highest BCUT2D eigenvalue weighted by Crippen LogP contribution is 2.49. The fourth-order valence-electron chi connectivity index (χ4n) is 5.41. The molecule has 0 saturated carbocycles. The molecule has 4 nitrogen and oxygen atoms in total. The van der Waals surface area contributed by atoms with E-state index in [1.165, 1.54) is 13.1 Å². The lowest BCUT2D eigenvalue weighted by atomic mass is 9.75. The van der Waals surface area contributed by atoms with Gasteiger partial charge in [0.15, 0.2) is 0 Å². The molecule has 33 heavy (non-hydrogen) atoms. The molecule has 174 valence electrons. The van der Waals surface area contributed by atoms with E-state index in [4.69, 9.17) is 9.97 Å². The van der Waals surface area contributed by atoms with Gasteiger partial charge in [0.05, 0.1) is 17.4 Å². The molecule has 2 aromatic heterocycles. The number of piperidine rings is 1. The summed E-state index contributed by atoms with van der Waals surface area (Å²) in [5.41, 5.74) is 4.26. The number of allylic oxidation sites excluding steroid dienone is 3. The van der Waals surface area contributed by atoms with Crippen molar-refractivity contribution in [2.75, 3.05) is 0 Å². The molecule has 2 aliphatic heterocycles. The molecular weight excluding hydrogens is 425 g/mol. The average molecular weight is 455 g/mol. The van der Waals surface area contributed by atoms with Crippen LogP contribution in [0.1, 0.15) is 72.3 Å². The Kier molecular flexibility index (Phi) is 5.93. The maximum atomic E-state index is 13.5. The van der Waals surface area contributed by atoms with Crippen LogP contribution in [0.3, 0.4) is 0 Å². The van der Waals surface area contributed by atoms with E-state index in [1.807, 2.05) is 26.0 Å². The van der Waals surface area contributed by atoms with Gasteiger partial charge in [0.25, 0.3) is 0 Å². The van der Waals surface area contributed by atoms with Crippen molar-refractivity contribution in [3.05, 3.63) is 77.2 Å². The number of alkyl halides is 3. The standard InChI is InChI=1S/C26H29F3N4/c1-7-18(8-2)22-21-13-19-10-9-14(3)24(23(21)32-17(6)31-22)33(19)16(5)20-11-12-30-25(15(20)4)26(27,28)29/h7-8,11-12,14,19,24H,1,5,9-10,13H2,2-4,6H3/b18-8+/t14-,19+,24-/m1/s1. The van der Waals surface area contributed by atoms with E-state index < -0.39 is 11.9 Å². The molecule has 1 saturated heterocycles. The van der Waals surface area contributed by atoms with Crippen LogP contribution in [-0.2, 0) is 12.6 Å². The summed E-state index contributed by atoms with van der Waals surface area (Å²) in [7, 11) is 0. The summed E-state index contributed by atoms with van der Waals surface area (Å²) in [6.45, 7) is 15.7. The van der Waals surface area contributed by atoms with Crippen molar-refractivity contribution in [1.82, 2.24) is 19.9 Å². The van der Waals surface area contributed by atoms with Gasteiger partial charge in [-0.05, 0) is 63.2 Å². The molecule has 3 atom stereocenters. The molecule has 2 aromatic rings. The minimum atomic E-state index is -4.51. The number of aryl methyl sites for hydroxylation is 1. The number of rotatable bonds is 4. The summed E-state index contributed by atoms with van der Waals surface area (Å²) in [6.07, 6.45) is 3.20. The summed E-state index contributed by atoms with van der Waals surface area (Å²) in [5.74, 6) is 0.937. The third-order valence-corrected chi connectivity index (χ3v) is 6.96. The zero-order valence-corrected chi connectivity index (χ0v) is 19.5. The second-order valence-electron chi connectivity index (χ2n) is 8.97. The van der Waals surface area contributed by atoms with Crippen LogP contribution in [-0.4, -0.2) is 25.9 Å². The van der Waals surface area contributed by atoms with Crippen LogP contribution >= 0.6 is 0 Å². The maximum absolute atomic E-state index is 13.5. The van der Waals surface area contributed by atoms with Crippen LogP contribution in [0.4, 0.5) is 13.2 Å². The summed E-state index contributed by atoms with van der Waals surface area (Å²) >= 11 is 0. The molecule has 2 aliphatic rings. The van der Waals surface area contributed by atoms with Crippen molar-refractivity contribution < 1.29 is 13.2 Å². The first-order chi connectivity index (χ1) is 15.6. The van der Waals surface area contributed by atoms with E-state index in [9.17, 15) is 13.2 Å². The van der Waals surface area contributed by atoms with Gasteiger partial charge in [0, 0.05) is 29.1 Å². The second kappa shape index (κ2) is 8.43. The second-order valence-corrected chi connectivity index (χ2v) is 8.97. The molecule has 0 spiro atoms. The fraction of sp³-hybridized carbons (Fsp3) is 0.423. The molecule has 0 radical (unpaired) electrons. The van der Waals surface area contributed by atoms with Gasteiger partial charge in [0.1, 0.15) is 11.5 Å². The number of aromatic nitrogens is 3. The maximum Gasteiger partial charge on any atom is 0.433 e. The largest absolute Gasteiger partial charge is 0.433 e. The van der Waals surface area contributed by atoms with Crippen molar-refractivity contribution in [2.24, 2.45) is 5.92 Å². The van der Waals surface area contributed by atoms with E-state index in [-0.39, 0.29) is 23.6 Å². The Balaban J connectivity index is 1.86. The van der Waals surface area contributed by atoms with E-state index in [1.54, 1.807) is 6.07 Å². The van der Waals surface area contributed by atoms with Crippen LogP contribution < -0.4 is 0 Å². The SMILES string of the molecule is C=C/C(=C\C)c1nc(C)nc2c1C[C@@H]1CC[C@@H](C)[C@H]2N1C(=C)c1ccnc(C(F)(F)F)c1C. The molecule has 0 aromatic carbocycles. The van der Waals surface area contributed by atoms with Crippen LogP contribution in [0.15, 0.2) is 37.6 Å². The van der Waals surface area contributed by atoms with Crippen LogP contribution in [0.2, 0.25) is 0 Å². The average Bonchev–Trinajstić information content (AvgIpc) is 2.75. The van der Waals surface area contributed by atoms with Crippen LogP contribution in [0.25, 0.3) is 11.3 Å². The predicted octanol–water partition coefficient (Wildman–Crippen LogP) is 6.47.